The first-order chi connectivity index (χ1) is 12.6. The molecule has 0 fully saturated rings. The van der Waals surface area contributed by atoms with Crippen molar-refractivity contribution in [3.63, 3.8) is 0 Å². The lowest BCUT2D eigenvalue weighted by atomic mass is 10.1. The maximum Gasteiger partial charge on any atom is 0.229 e. The van der Waals surface area contributed by atoms with Gasteiger partial charge in [0.15, 0.2) is 5.82 Å². The molecule has 0 bridgehead atoms. The third kappa shape index (κ3) is 4.05. The van der Waals surface area contributed by atoms with E-state index in [1.807, 2.05) is 24.3 Å². The highest BCUT2D eigenvalue weighted by Crippen LogP contribution is 2.27. The Balaban J connectivity index is 1.83. The number of anilines is 5. The number of benzene rings is 2. The summed E-state index contributed by atoms with van der Waals surface area (Å²) in [5.74, 6) is 6.25. The molecule has 3 rings (SSSR count). The van der Waals surface area contributed by atoms with Gasteiger partial charge in [-0.1, -0.05) is 18.2 Å². The molecule has 0 aliphatic rings. The Labute approximate surface area is 150 Å². The summed E-state index contributed by atoms with van der Waals surface area (Å²) in [6.45, 7) is 0.601. The van der Waals surface area contributed by atoms with E-state index in [1.165, 1.54) is 23.3 Å². The van der Waals surface area contributed by atoms with E-state index in [1.54, 1.807) is 12.1 Å². The second-order valence-electron chi connectivity index (χ2n) is 5.68. The van der Waals surface area contributed by atoms with Crippen LogP contribution < -0.4 is 27.6 Å². The smallest absolute Gasteiger partial charge is 0.229 e. The van der Waals surface area contributed by atoms with Crippen LogP contribution in [0.5, 0.6) is 0 Å². The first-order valence-electron chi connectivity index (χ1n) is 8.06. The lowest BCUT2D eigenvalue weighted by molar-refractivity contribution is 0.627. The molecule has 7 nitrogen and oxygen atoms in total. The Bertz CT molecular complexity index is 883. The number of hydrogen-bond acceptors (Lipinski definition) is 7. The first-order valence-corrected chi connectivity index (χ1v) is 8.06. The molecule has 0 aliphatic carbocycles. The molecule has 0 unspecified atom stereocenters. The Hall–Kier alpha value is -3.23. The van der Waals surface area contributed by atoms with E-state index in [0.717, 1.165) is 17.7 Å². The van der Waals surface area contributed by atoms with Gasteiger partial charge in [-0.3, -0.25) is 5.01 Å². The molecule has 8 heteroatoms. The van der Waals surface area contributed by atoms with E-state index in [4.69, 9.17) is 17.3 Å². The van der Waals surface area contributed by atoms with Crippen LogP contribution in [0.4, 0.5) is 33.2 Å². The normalized spacial score (nSPS) is 10.6. The van der Waals surface area contributed by atoms with Gasteiger partial charge in [0.25, 0.3) is 0 Å². The van der Waals surface area contributed by atoms with E-state index in [-0.39, 0.29) is 11.5 Å². The van der Waals surface area contributed by atoms with E-state index in [9.17, 15) is 4.39 Å². The molecule has 134 valence electrons. The minimum Gasteiger partial charge on any atom is -0.394 e. The molecule has 0 saturated carbocycles. The fourth-order valence-electron chi connectivity index (χ4n) is 2.43. The van der Waals surface area contributed by atoms with E-state index in [0.29, 0.717) is 18.2 Å². The molecule has 0 spiro atoms. The van der Waals surface area contributed by atoms with Crippen molar-refractivity contribution in [3.05, 3.63) is 66.1 Å². The molecule has 0 saturated heterocycles. The third-order valence-electron chi connectivity index (χ3n) is 3.75. The fourth-order valence-corrected chi connectivity index (χ4v) is 2.43. The van der Waals surface area contributed by atoms with Gasteiger partial charge in [-0.25, -0.2) is 15.2 Å². The number of hydrogen-bond donors (Lipinski definition) is 4. The number of nitrogens with zero attached hydrogens (tertiary/aromatic N) is 3. The largest absolute Gasteiger partial charge is 0.394 e. The summed E-state index contributed by atoms with van der Waals surface area (Å²) in [5, 5.41) is 4.31. The van der Waals surface area contributed by atoms with Crippen LogP contribution in [0.2, 0.25) is 0 Å². The number of hydrazine groups is 1. The van der Waals surface area contributed by atoms with E-state index in [2.05, 4.69) is 15.3 Å². The average Bonchev–Trinajstić information content (AvgIpc) is 2.64. The highest BCUT2D eigenvalue weighted by atomic mass is 19.1. The van der Waals surface area contributed by atoms with Gasteiger partial charge in [-0.15, -0.1) is 0 Å². The Kier molecular flexibility index (Phi) is 5.26. The van der Waals surface area contributed by atoms with Crippen molar-refractivity contribution < 1.29 is 4.39 Å². The summed E-state index contributed by atoms with van der Waals surface area (Å²) in [6, 6.07) is 13.6. The maximum atomic E-state index is 13.4. The van der Waals surface area contributed by atoms with Crippen molar-refractivity contribution in [2.75, 3.05) is 22.6 Å². The molecule has 0 amide bonds. The molecule has 2 aromatic carbocycles. The monoisotopic (exact) mass is 353 g/mol. The van der Waals surface area contributed by atoms with Crippen molar-refractivity contribution in [1.82, 2.24) is 9.97 Å². The van der Waals surface area contributed by atoms with Crippen LogP contribution in [0.25, 0.3) is 0 Å². The highest BCUT2D eigenvalue weighted by Gasteiger charge is 2.13. The van der Waals surface area contributed by atoms with Gasteiger partial charge in [-0.2, -0.15) is 4.98 Å². The zero-order chi connectivity index (χ0) is 18.5. The predicted molar refractivity (Wildman–Crippen MR) is 102 cm³/mol. The van der Waals surface area contributed by atoms with Crippen LogP contribution in [0.1, 0.15) is 5.56 Å². The highest BCUT2D eigenvalue weighted by molar-refractivity contribution is 5.71. The standard InChI is InChI=1S/C18H20FN7/c19-13-2-1-3-15(10-13)26(22)17-16(21)11-23-18(25-17)24-14-6-4-12(5-7-14)8-9-20/h1-7,10-11H,8-9,20-22H2,(H,23,24,25). The van der Waals surface area contributed by atoms with Crippen LogP contribution >= 0.6 is 0 Å². The SMILES string of the molecule is NCCc1ccc(Nc2ncc(N)c(N(N)c3cccc(F)c3)n2)cc1. The van der Waals surface area contributed by atoms with Crippen molar-refractivity contribution in [2.45, 2.75) is 6.42 Å². The van der Waals surface area contributed by atoms with Gasteiger partial charge in [0, 0.05) is 5.69 Å². The molecule has 26 heavy (non-hydrogen) atoms. The minimum atomic E-state index is -0.401. The van der Waals surface area contributed by atoms with Crippen LogP contribution in [-0.4, -0.2) is 16.5 Å². The van der Waals surface area contributed by atoms with Gasteiger partial charge in [-0.05, 0) is 48.9 Å². The molecule has 0 radical (unpaired) electrons. The Morgan fingerprint density at radius 3 is 2.58 bits per heavy atom. The van der Waals surface area contributed by atoms with Crippen molar-refractivity contribution in [3.8, 4) is 0 Å². The first kappa shape index (κ1) is 17.6. The lowest BCUT2D eigenvalue weighted by Crippen LogP contribution is -2.27. The summed E-state index contributed by atoms with van der Waals surface area (Å²) in [6.07, 6.45) is 2.27. The second-order valence-corrected chi connectivity index (χ2v) is 5.68. The van der Waals surface area contributed by atoms with Crippen molar-refractivity contribution >= 4 is 28.8 Å². The average molecular weight is 353 g/mol. The zero-order valence-electron chi connectivity index (χ0n) is 14.1. The quantitative estimate of drug-likeness (QED) is 0.397. The number of rotatable bonds is 6. The number of nitrogen functional groups attached to an aromatic ring is 1. The van der Waals surface area contributed by atoms with Crippen molar-refractivity contribution in [1.29, 1.82) is 0 Å². The molecular weight excluding hydrogens is 333 g/mol. The zero-order valence-corrected chi connectivity index (χ0v) is 14.1. The summed E-state index contributed by atoms with van der Waals surface area (Å²) < 4.78 is 13.4. The molecule has 0 aliphatic heterocycles. The van der Waals surface area contributed by atoms with E-state index >= 15 is 0 Å². The van der Waals surface area contributed by atoms with E-state index < -0.39 is 5.82 Å². The Morgan fingerprint density at radius 1 is 1.12 bits per heavy atom. The molecule has 7 N–H and O–H groups in total. The lowest BCUT2D eigenvalue weighted by Gasteiger charge is -2.19. The fraction of sp³-hybridized carbons (Fsp3) is 0.111. The molecular formula is C18H20FN7. The van der Waals surface area contributed by atoms with Gasteiger partial charge in [0.05, 0.1) is 17.6 Å². The second kappa shape index (κ2) is 7.77. The molecule has 1 heterocycles. The maximum absolute atomic E-state index is 13.4. The van der Waals surface area contributed by atoms with Crippen LogP contribution in [-0.2, 0) is 6.42 Å². The summed E-state index contributed by atoms with van der Waals surface area (Å²) >= 11 is 0. The molecule has 0 atom stereocenters. The predicted octanol–water partition coefficient (Wildman–Crippen LogP) is 2.45. The summed E-state index contributed by atoms with van der Waals surface area (Å²) in [7, 11) is 0. The van der Waals surface area contributed by atoms with Crippen LogP contribution in [0, 0.1) is 5.82 Å². The summed E-state index contributed by atoms with van der Waals surface area (Å²) in [5.41, 5.74) is 14.2. The number of nitrogens with one attached hydrogen (secondary N) is 1. The number of aromatic nitrogens is 2. The minimum absolute atomic E-state index is 0.271. The third-order valence-corrected chi connectivity index (χ3v) is 3.75. The topological polar surface area (TPSA) is 119 Å². The van der Waals surface area contributed by atoms with Crippen LogP contribution in [0.3, 0.4) is 0 Å². The van der Waals surface area contributed by atoms with Crippen molar-refractivity contribution in [2.24, 2.45) is 11.6 Å². The van der Waals surface area contributed by atoms with Gasteiger partial charge < -0.3 is 16.8 Å². The van der Waals surface area contributed by atoms with Gasteiger partial charge >= 0.3 is 0 Å². The Morgan fingerprint density at radius 2 is 1.88 bits per heavy atom. The van der Waals surface area contributed by atoms with Gasteiger partial charge in [0.1, 0.15) is 5.82 Å². The molecule has 1 aromatic heterocycles. The number of halogens is 1. The summed E-state index contributed by atoms with van der Waals surface area (Å²) in [4.78, 5) is 8.51. The molecule has 3 aromatic rings. The number of nitrogens with two attached hydrogens (primary N) is 3. The van der Waals surface area contributed by atoms with Crippen LogP contribution in [0.15, 0.2) is 54.7 Å². The van der Waals surface area contributed by atoms with Gasteiger partial charge in [0.2, 0.25) is 5.95 Å².